The van der Waals surface area contributed by atoms with Crippen LogP contribution in [0.4, 0.5) is 0 Å². The molecule has 0 radical (unpaired) electrons. The fraction of sp³-hybridized carbons (Fsp3) is 0.375. The van der Waals surface area contributed by atoms with Gasteiger partial charge in [-0.3, -0.25) is 0 Å². The van der Waals surface area contributed by atoms with Crippen LogP contribution in [0.1, 0.15) is 25.7 Å². The van der Waals surface area contributed by atoms with E-state index in [1.165, 1.54) is 12.8 Å². The maximum Gasteiger partial charge on any atom is 0.162 e. The highest BCUT2D eigenvalue weighted by Gasteiger charge is 2.18. The van der Waals surface area contributed by atoms with Crippen LogP contribution in [-0.4, -0.2) is 23.4 Å². The van der Waals surface area contributed by atoms with E-state index < -0.39 is 0 Å². The molecule has 1 aromatic carbocycles. The first-order chi connectivity index (χ1) is 9.86. The minimum atomic E-state index is 0.306. The van der Waals surface area contributed by atoms with Gasteiger partial charge in [0, 0.05) is 11.8 Å². The molecular formula is C16H18N2O2. The molecule has 1 fully saturated rings. The van der Waals surface area contributed by atoms with E-state index in [1.807, 2.05) is 30.3 Å². The summed E-state index contributed by atoms with van der Waals surface area (Å²) in [6.45, 7) is 0. The summed E-state index contributed by atoms with van der Waals surface area (Å²) in [4.78, 5) is 0. The zero-order chi connectivity index (χ0) is 13.8. The van der Waals surface area contributed by atoms with Crippen molar-refractivity contribution in [3.05, 3.63) is 36.5 Å². The Balaban J connectivity index is 1.90. The van der Waals surface area contributed by atoms with Crippen molar-refractivity contribution >= 4 is 0 Å². The van der Waals surface area contributed by atoms with Crippen molar-refractivity contribution in [2.24, 2.45) is 0 Å². The lowest BCUT2D eigenvalue weighted by Crippen LogP contribution is -2.11. The van der Waals surface area contributed by atoms with Crippen molar-refractivity contribution < 1.29 is 9.47 Å². The highest BCUT2D eigenvalue weighted by atomic mass is 16.5. The van der Waals surface area contributed by atoms with Gasteiger partial charge in [-0.2, -0.15) is 10.2 Å². The number of nitrogens with zero attached hydrogens (tertiary/aromatic N) is 2. The maximum atomic E-state index is 6.09. The lowest BCUT2D eigenvalue weighted by molar-refractivity contribution is 0.201. The van der Waals surface area contributed by atoms with E-state index in [9.17, 15) is 0 Å². The third-order valence-electron chi connectivity index (χ3n) is 3.63. The molecule has 3 rings (SSSR count). The van der Waals surface area contributed by atoms with Gasteiger partial charge in [0.1, 0.15) is 0 Å². The first-order valence-corrected chi connectivity index (χ1v) is 6.99. The van der Waals surface area contributed by atoms with E-state index >= 15 is 0 Å². The van der Waals surface area contributed by atoms with E-state index in [2.05, 4.69) is 10.2 Å². The Kier molecular flexibility index (Phi) is 3.81. The van der Waals surface area contributed by atoms with E-state index in [0.717, 1.165) is 35.6 Å². The fourth-order valence-electron chi connectivity index (χ4n) is 2.57. The molecule has 0 saturated heterocycles. The van der Waals surface area contributed by atoms with Crippen molar-refractivity contribution in [2.75, 3.05) is 7.11 Å². The van der Waals surface area contributed by atoms with Crippen molar-refractivity contribution in [1.82, 2.24) is 10.2 Å². The molecule has 0 bridgehead atoms. The average Bonchev–Trinajstić information content (AvgIpc) is 3.01. The number of benzene rings is 1. The third-order valence-corrected chi connectivity index (χ3v) is 3.63. The van der Waals surface area contributed by atoms with Crippen molar-refractivity contribution in [1.29, 1.82) is 0 Å². The molecule has 1 aliphatic carbocycles. The summed E-state index contributed by atoms with van der Waals surface area (Å²) < 4.78 is 11.5. The molecule has 0 N–H and O–H groups in total. The van der Waals surface area contributed by atoms with Crippen LogP contribution in [0, 0.1) is 0 Å². The van der Waals surface area contributed by atoms with Gasteiger partial charge in [-0.05, 0) is 56.0 Å². The summed E-state index contributed by atoms with van der Waals surface area (Å²) in [5.41, 5.74) is 1.83. The van der Waals surface area contributed by atoms with Crippen molar-refractivity contribution in [3.63, 3.8) is 0 Å². The number of hydrogen-bond acceptors (Lipinski definition) is 4. The maximum absolute atomic E-state index is 6.09. The Labute approximate surface area is 118 Å². The Bertz CT molecular complexity index is 566. The van der Waals surface area contributed by atoms with E-state index in [4.69, 9.17) is 9.47 Å². The molecule has 4 nitrogen and oxygen atoms in total. The minimum absolute atomic E-state index is 0.306. The molecule has 0 aliphatic heterocycles. The summed E-state index contributed by atoms with van der Waals surface area (Å²) in [7, 11) is 1.67. The summed E-state index contributed by atoms with van der Waals surface area (Å²) in [5, 5.41) is 8.05. The van der Waals surface area contributed by atoms with Gasteiger partial charge < -0.3 is 9.47 Å². The quantitative estimate of drug-likeness (QED) is 0.853. The predicted molar refractivity (Wildman–Crippen MR) is 76.9 cm³/mol. The molecule has 104 valence electrons. The van der Waals surface area contributed by atoms with Crippen LogP contribution in [0.3, 0.4) is 0 Å². The van der Waals surface area contributed by atoms with Gasteiger partial charge in [-0.25, -0.2) is 0 Å². The third kappa shape index (κ3) is 2.74. The monoisotopic (exact) mass is 270 g/mol. The molecule has 1 aromatic heterocycles. The summed E-state index contributed by atoms with van der Waals surface area (Å²) in [6.07, 6.45) is 6.72. The molecule has 0 amide bonds. The normalized spacial score (nSPS) is 15.2. The van der Waals surface area contributed by atoms with Crippen molar-refractivity contribution in [2.45, 2.75) is 31.8 Å². The molecule has 1 saturated carbocycles. The summed E-state index contributed by atoms with van der Waals surface area (Å²) in [6, 6.07) is 9.71. The Morgan fingerprint density at radius 2 is 1.95 bits per heavy atom. The van der Waals surface area contributed by atoms with Gasteiger partial charge in [-0.1, -0.05) is 0 Å². The number of ether oxygens (including phenoxy) is 2. The molecular weight excluding hydrogens is 252 g/mol. The second-order valence-electron chi connectivity index (χ2n) is 5.00. The predicted octanol–water partition coefficient (Wildman–Crippen LogP) is 3.47. The second kappa shape index (κ2) is 5.90. The first-order valence-electron chi connectivity index (χ1n) is 6.99. The molecule has 1 heterocycles. The SMILES string of the molecule is COc1ccc(-c2cccnn2)cc1OC1CCCC1. The molecule has 4 heteroatoms. The zero-order valence-corrected chi connectivity index (χ0v) is 11.6. The lowest BCUT2D eigenvalue weighted by Gasteiger charge is -2.16. The van der Waals surface area contributed by atoms with Crippen LogP contribution in [0.2, 0.25) is 0 Å². The minimum Gasteiger partial charge on any atom is -0.493 e. The van der Waals surface area contributed by atoms with Gasteiger partial charge in [0.05, 0.1) is 18.9 Å². The van der Waals surface area contributed by atoms with Gasteiger partial charge in [-0.15, -0.1) is 0 Å². The number of methoxy groups -OCH3 is 1. The molecule has 1 aliphatic rings. The number of hydrogen-bond donors (Lipinski definition) is 0. The Morgan fingerprint density at radius 3 is 2.65 bits per heavy atom. The zero-order valence-electron chi connectivity index (χ0n) is 11.6. The topological polar surface area (TPSA) is 44.2 Å². The second-order valence-corrected chi connectivity index (χ2v) is 5.00. The van der Waals surface area contributed by atoms with Gasteiger partial charge in [0.25, 0.3) is 0 Å². The van der Waals surface area contributed by atoms with Gasteiger partial charge >= 0.3 is 0 Å². The molecule has 0 atom stereocenters. The van der Waals surface area contributed by atoms with Gasteiger partial charge in [0.15, 0.2) is 11.5 Å². The highest BCUT2D eigenvalue weighted by Crippen LogP contribution is 2.34. The first kappa shape index (κ1) is 12.9. The Hall–Kier alpha value is -2.10. The van der Waals surface area contributed by atoms with Crippen LogP contribution in [0.5, 0.6) is 11.5 Å². The van der Waals surface area contributed by atoms with Crippen LogP contribution >= 0.6 is 0 Å². The Morgan fingerprint density at radius 1 is 1.10 bits per heavy atom. The summed E-state index contributed by atoms with van der Waals surface area (Å²) >= 11 is 0. The van der Waals surface area contributed by atoms with Crippen LogP contribution in [0.25, 0.3) is 11.3 Å². The smallest absolute Gasteiger partial charge is 0.162 e. The number of aromatic nitrogens is 2. The fourth-order valence-corrected chi connectivity index (χ4v) is 2.57. The largest absolute Gasteiger partial charge is 0.493 e. The van der Waals surface area contributed by atoms with E-state index in [0.29, 0.717) is 6.10 Å². The van der Waals surface area contributed by atoms with Crippen molar-refractivity contribution in [3.8, 4) is 22.8 Å². The number of rotatable bonds is 4. The van der Waals surface area contributed by atoms with Crippen LogP contribution in [-0.2, 0) is 0 Å². The molecule has 2 aromatic rings. The van der Waals surface area contributed by atoms with E-state index in [-0.39, 0.29) is 0 Å². The molecule has 0 spiro atoms. The summed E-state index contributed by atoms with van der Waals surface area (Å²) in [5.74, 6) is 1.56. The lowest BCUT2D eigenvalue weighted by atomic mass is 10.1. The molecule has 0 unspecified atom stereocenters. The van der Waals surface area contributed by atoms with Gasteiger partial charge in [0.2, 0.25) is 0 Å². The van der Waals surface area contributed by atoms with Crippen LogP contribution < -0.4 is 9.47 Å². The van der Waals surface area contributed by atoms with E-state index in [1.54, 1.807) is 13.3 Å². The average molecular weight is 270 g/mol. The highest BCUT2D eigenvalue weighted by molar-refractivity contribution is 5.63. The standard InChI is InChI=1S/C16H18N2O2/c1-19-15-9-8-12(14-7-4-10-17-18-14)11-16(15)20-13-5-2-3-6-13/h4,7-11,13H,2-3,5-6H2,1H3. The molecule has 20 heavy (non-hydrogen) atoms. The van der Waals surface area contributed by atoms with Crippen LogP contribution in [0.15, 0.2) is 36.5 Å².